The smallest absolute Gasteiger partial charge is 0.0933 e. The summed E-state index contributed by atoms with van der Waals surface area (Å²) in [7, 11) is 0. The Hall–Kier alpha value is -0.910. The molecule has 1 atom stereocenters. The number of nitrogens with zero attached hydrogens (tertiary/aromatic N) is 2. The van der Waals surface area contributed by atoms with Crippen molar-refractivity contribution in [3.63, 3.8) is 0 Å². The zero-order valence-corrected chi connectivity index (χ0v) is 12.0. The van der Waals surface area contributed by atoms with Crippen molar-refractivity contribution in [3.8, 4) is 0 Å². The number of hydrogen-bond donors (Lipinski definition) is 1. The Kier molecular flexibility index (Phi) is 5.82. The van der Waals surface area contributed by atoms with E-state index in [2.05, 4.69) is 35.1 Å². The lowest BCUT2D eigenvalue weighted by atomic mass is 10.2. The predicted molar refractivity (Wildman–Crippen MR) is 74.1 cm³/mol. The monoisotopic (exact) mass is 267 g/mol. The van der Waals surface area contributed by atoms with Crippen LogP contribution in [0.4, 0.5) is 0 Å². The first kappa shape index (κ1) is 14.5. The van der Waals surface area contributed by atoms with Gasteiger partial charge < -0.3 is 14.8 Å². The Labute approximate surface area is 115 Å². The van der Waals surface area contributed by atoms with Gasteiger partial charge in [0, 0.05) is 19.3 Å². The highest BCUT2D eigenvalue weighted by atomic mass is 16.5. The van der Waals surface area contributed by atoms with Crippen molar-refractivity contribution in [2.75, 3.05) is 26.3 Å². The van der Waals surface area contributed by atoms with Crippen LogP contribution in [0.15, 0.2) is 12.3 Å². The molecule has 0 aliphatic carbocycles. The summed E-state index contributed by atoms with van der Waals surface area (Å²) in [6.45, 7) is 8.17. The van der Waals surface area contributed by atoms with Gasteiger partial charge in [-0.2, -0.15) is 5.10 Å². The maximum Gasteiger partial charge on any atom is 0.0933 e. The Morgan fingerprint density at radius 1 is 1.53 bits per heavy atom. The molecule has 1 aliphatic rings. The fraction of sp³-hybridized carbons (Fsp3) is 0.786. The van der Waals surface area contributed by atoms with E-state index < -0.39 is 0 Å². The number of hydrogen-bond acceptors (Lipinski definition) is 4. The van der Waals surface area contributed by atoms with E-state index >= 15 is 0 Å². The second kappa shape index (κ2) is 7.62. The topological polar surface area (TPSA) is 48.3 Å². The van der Waals surface area contributed by atoms with E-state index in [0.717, 1.165) is 38.2 Å². The molecule has 5 heteroatoms. The number of nitrogens with one attached hydrogen (secondary N) is 1. The van der Waals surface area contributed by atoms with Crippen molar-refractivity contribution in [1.82, 2.24) is 15.1 Å². The van der Waals surface area contributed by atoms with Crippen molar-refractivity contribution < 1.29 is 9.47 Å². The molecule has 0 amide bonds. The first-order chi connectivity index (χ1) is 9.33. The lowest BCUT2D eigenvalue weighted by molar-refractivity contribution is -0.0363. The molecule has 0 aromatic carbocycles. The van der Waals surface area contributed by atoms with Crippen molar-refractivity contribution in [1.29, 1.82) is 0 Å². The first-order valence-corrected chi connectivity index (χ1v) is 7.27. The minimum atomic E-state index is 0.176. The Morgan fingerprint density at radius 3 is 3.05 bits per heavy atom. The summed E-state index contributed by atoms with van der Waals surface area (Å²) in [5.74, 6) is 0. The second-order valence-electron chi connectivity index (χ2n) is 4.97. The van der Waals surface area contributed by atoms with Crippen LogP contribution in [-0.2, 0) is 16.1 Å². The van der Waals surface area contributed by atoms with Gasteiger partial charge in [0.05, 0.1) is 37.7 Å². The molecule has 1 saturated heterocycles. The minimum Gasteiger partial charge on any atom is -0.373 e. The van der Waals surface area contributed by atoms with Crippen LogP contribution < -0.4 is 5.32 Å². The van der Waals surface area contributed by atoms with Crippen LogP contribution in [-0.4, -0.2) is 42.2 Å². The molecular formula is C14H25N3O2. The maximum atomic E-state index is 5.68. The zero-order chi connectivity index (χ0) is 13.5. The highest BCUT2D eigenvalue weighted by molar-refractivity contribution is 4.98. The van der Waals surface area contributed by atoms with Gasteiger partial charge in [-0.3, -0.25) is 4.68 Å². The molecule has 1 unspecified atom stereocenters. The van der Waals surface area contributed by atoms with E-state index in [4.69, 9.17) is 9.47 Å². The predicted octanol–water partition coefficient (Wildman–Crippen LogP) is 1.75. The van der Waals surface area contributed by atoms with Gasteiger partial charge in [-0.05, 0) is 18.9 Å². The summed E-state index contributed by atoms with van der Waals surface area (Å²) in [6, 6.07) is 2.54. The van der Waals surface area contributed by atoms with E-state index in [1.807, 2.05) is 6.07 Å². The summed E-state index contributed by atoms with van der Waals surface area (Å²) >= 11 is 0. The Morgan fingerprint density at radius 2 is 2.37 bits per heavy atom. The van der Waals surface area contributed by atoms with Gasteiger partial charge in [0.2, 0.25) is 0 Å². The van der Waals surface area contributed by atoms with Crippen molar-refractivity contribution in [2.24, 2.45) is 0 Å². The van der Waals surface area contributed by atoms with Gasteiger partial charge >= 0.3 is 0 Å². The van der Waals surface area contributed by atoms with E-state index in [-0.39, 0.29) is 6.10 Å². The molecule has 2 heterocycles. The van der Waals surface area contributed by atoms with Crippen molar-refractivity contribution >= 4 is 0 Å². The molecular weight excluding hydrogens is 242 g/mol. The van der Waals surface area contributed by atoms with Gasteiger partial charge in [-0.25, -0.2) is 0 Å². The summed E-state index contributed by atoms with van der Waals surface area (Å²) < 4.78 is 13.3. The fourth-order valence-corrected chi connectivity index (χ4v) is 2.34. The van der Waals surface area contributed by atoms with Gasteiger partial charge in [0.25, 0.3) is 0 Å². The molecule has 2 rings (SSSR count). The highest BCUT2D eigenvalue weighted by Crippen LogP contribution is 2.14. The normalized spacial score (nSPS) is 20.1. The zero-order valence-electron chi connectivity index (χ0n) is 12.0. The first-order valence-electron chi connectivity index (χ1n) is 7.27. The third-order valence-corrected chi connectivity index (χ3v) is 3.54. The van der Waals surface area contributed by atoms with Crippen LogP contribution >= 0.6 is 0 Å². The number of aromatic nitrogens is 2. The summed E-state index contributed by atoms with van der Waals surface area (Å²) in [5.41, 5.74) is 0.996. The largest absolute Gasteiger partial charge is 0.373 e. The van der Waals surface area contributed by atoms with E-state index in [1.54, 1.807) is 0 Å². The lowest BCUT2D eigenvalue weighted by Crippen LogP contribution is -2.40. The molecule has 0 saturated carbocycles. The quantitative estimate of drug-likeness (QED) is 0.817. The number of morpholine rings is 1. The summed E-state index contributed by atoms with van der Waals surface area (Å²) in [5, 5.41) is 7.86. The average Bonchev–Trinajstić information content (AvgIpc) is 2.90. The van der Waals surface area contributed by atoms with Crippen LogP contribution in [0.1, 0.15) is 38.4 Å². The molecule has 108 valence electrons. The van der Waals surface area contributed by atoms with Crippen LogP contribution in [0.2, 0.25) is 0 Å². The van der Waals surface area contributed by atoms with Crippen LogP contribution in [0.25, 0.3) is 0 Å². The average molecular weight is 267 g/mol. The third-order valence-electron chi connectivity index (χ3n) is 3.54. The second-order valence-corrected chi connectivity index (χ2v) is 4.97. The van der Waals surface area contributed by atoms with Gasteiger partial charge in [-0.1, -0.05) is 13.8 Å². The molecule has 1 aromatic heterocycles. The summed E-state index contributed by atoms with van der Waals surface area (Å²) in [4.78, 5) is 0. The standard InChI is InChI=1S/C14H25N3O2/c1-3-13(4-2)17-7-5-12(16-17)10-18-11-14-9-15-6-8-19-14/h5,7,13-15H,3-4,6,8-11H2,1-2H3. The summed E-state index contributed by atoms with van der Waals surface area (Å²) in [6.07, 6.45) is 4.45. The van der Waals surface area contributed by atoms with Crippen molar-refractivity contribution in [2.45, 2.75) is 45.4 Å². The molecule has 1 aliphatic heterocycles. The Balaban J connectivity index is 1.73. The fourth-order valence-electron chi connectivity index (χ4n) is 2.34. The van der Waals surface area contributed by atoms with Crippen LogP contribution in [0.3, 0.4) is 0 Å². The van der Waals surface area contributed by atoms with Gasteiger partial charge in [0.1, 0.15) is 0 Å². The van der Waals surface area contributed by atoms with E-state index in [1.165, 1.54) is 0 Å². The molecule has 0 radical (unpaired) electrons. The highest BCUT2D eigenvalue weighted by Gasteiger charge is 2.13. The SMILES string of the molecule is CCC(CC)n1ccc(COCC2CNCCO2)n1. The van der Waals surface area contributed by atoms with Crippen LogP contribution in [0.5, 0.6) is 0 Å². The van der Waals surface area contributed by atoms with E-state index in [9.17, 15) is 0 Å². The molecule has 5 nitrogen and oxygen atoms in total. The molecule has 1 fully saturated rings. The molecule has 1 N–H and O–H groups in total. The molecule has 0 spiro atoms. The third kappa shape index (κ3) is 4.30. The minimum absolute atomic E-state index is 0.176. The lowest BCUT2D eigenvalue weighted by Gasteiger charge is -2.23. The number of rotatable bonds is 7. The number of ether oxygens (including phenoxy) is 2. The van der Waals surface area contributed by atoms with Gasteiger partial charge in [-0.15, -0.1) is 0 Å². The Bertz CT molecular complexity index is 357. The molecule has 1 aromatic rings. The molecule has 0 bridgehead atoms. The van der Waals surface area contributed by atoms with Crippen molar-refractivity contribution in [3.05, 3.63) is 18.0 Å². The molecule has 19 heavy (non-hydrogen) atoms. The van der Waals surface area contributed by atoms with Crippen LogP contribution in [0, 0.1) is 0 Å². The van der Waals surface area contributed by atoms with E-state index in [0.29, 0.717) is 19.3 Å². The maximum absolute atomic E-state index is 5.68. The van der Waals surface area contributed by atoms with Gasteiger partial charge in [0.15, 0.2) is 0 Å².